The number of nitrogens with zero attached hydrogens (tertiary/aromatic N) is 4. The maximum Gasteiger partial charge on any atom is 0.276 e. The van der Waals surface area contributed by atoms with Crippen LogP contribution in [0.5, 0.6) is 0 Å². The smallest absolute Gasteiger partial charge is 0.276 e. The monoisotopic (exact) mass is 373 g/mol. The Bertz CT molecular complexity index is 909. The van der Waals surface area contributed by atoms with Crippen molar-refractivity contribution in [3.63, 3.8) is 0 Å². The Morgan fingerprint density at radius 1 is 1.38 bits per heavy atom. The van der Waals surface area contributed by atoms with Crippen molar-refractivity contribution in [1.29, 1.82) is 0 Å². The molecule has 1 fully saturated rings. The second-order valence-electron chi connectivity index (χ2n) is 6.19. The van der Waals surface area contributed by atoms with Gasteiger partial charge in [-0.2, -0.15) is 5.10 Å². The number of nitro groups is 1. The number of aromatic nitrogens is 3. The standard InChI is InChI=1S/C17H19N5O3S/c1-20-16(18-19-17(20)26)13-8-10-21(11-9-13)15(23)7-6-12-4-2-3-5-14(12)22(24)25/h2-7,13H,8-11H2,1H3,(H,19,26). The molecule has 3 rings (SSSR count). The number of para-hydroxylation sites is 1. The second-order valence-corrected chi connectivity index (χ2v) is 6.58. The Kier molecular flexibility index (Phi) is 5.27. The lowest BCUT2D eigenvalue weighted by Crippen LogP contribution is -2.37. The fraction of sp³-hybridized carbons (Fsp3) is 0.353. The van der Waals surface area contributed by atoms with Gasteiger partial charge in [-0.3, -0.25) is 20.0 Å². The molecule has 8 nitrogen and oxygen atoms in total. The van der Waals surface area contributed by atoms with E-state index in [0.29, 0.717) is 23.4 Å². The van der Waals surface area contributed by atoms with Crippen LogP contribution in [0.2, 0.25) is 0 Å². The van der Waals surface area contributed by atoms with Crippen LogP contribution in [0.4, 0.5) is 5.69 Å². The minimum Gasteiger partial charge on any atom is -0.339 e. The van der Waals surface area contributed by atoms with E-state index < -0.39 is 4.92 Å². The lowest BCUT2D eigenvalue weighted by Gasteiger charge is -2.30. The molecule has 1 aliphatic heterocycles. The highest BCUT2D eigenvalue weighted by atomic mass is 32.1. The van der Waals surface area contributed by atoms with Crippen LogP contribution in [0.3, 0.4) is 0 Å². The van der Waals surface area contributed by atoms with Crippen molar-refractivity contribution in [2.45, 2.75) is 18.8 Å². The van der Waals surface area contributed by atoms with Gasteiger partial charge in [0.1, 0.15) is 5.82 Å². The van der Waals surface area contributed by atoms with E-state index in [4.69, 9.17) is 12.2 Å². The molecule has 2 heterocycles. The molecule has 2 aromatic rings. The van der Waals surface area contributed by atoms with Crippen LogP contribution in [0, 0.1) is 14.9 Å². The summed E-state index contributed by atoms with van der Waals surface area (Å²) in [6.45, 7) is 1.23. The molecule has 0 radical (unpaired) electrons. The van der Waals surface area contributed by atoms with Gasteiger partial charge in [-0.15, -0.1) is 0 Å². The molecule has 1 N–H and O–H groups in total. The van der Waals surface area contributed by atoms with E-state index in [1.807, 2.05) is 11.6 Å². The number of carbonyl (C=O) groups is 1. The van der Waals surface area contributed by atoms with Crippen LogP contribution in [0.25, 0.3) is 6.08 Å². The first-order valence-corrected chi connectivity index (χ1v) is 8.70. The summed E-state index contributed by atoms with van der Waals surface area (Å²) < 4.78 is 2.46. The first kappa shape index (κ1) is 18.0. The lowest BCUT2D eigenvalue weighted by atomic mass is 9.96. The van der Waals surface area contributed by atoms with Crippen molar-refractivity contribution in [2.24, 2.45) is 7.05 Å². The number of benzene rings is 1. The van der Waals surface area contributed by atoms with Crippen molar-refractivity contribution < 1.29 is 9.72 Å². The number of hydrogen-bond acceptors (Lipinski definition) is 5. The molecule has 0 saturated carbocycles. The van der Waals surface area contributed by atoms with Crippen LogP contribution in [-0.4, -0.2) is 43.6 Å². The number of H-pyrrole nitrogens is 1. The van der Waals surface area contributed by atoms with E-state index in [-0.39, 0.29) is 17.5 Å². The van der Waals surface area contributed by atoms with E-state index in [1.165, 1.54) is 18.2 Å². The second kappa shape index (κ2) is 7.61. The molecular formula is C17H19N5O3S. The number of amides is 1. The van der Waals surface area contributed by atoms with Gasteiger partial charge >= 0.3 is 0 Å². The molecular weight excluding hydrogens is 354 g/mol. The van der Waals surface area contributed by atoms with Gasteiger partial charge in [-0.1, -0.05) is 12.1 Å². The molecule has 26 heavy (non-hydrogen) atoms. The lowest BCUT2D eigenvalue weighted by molar-refractivity contribution is -0.385. The average molecular weight is 373 g/mol. The number of piperidine rings is 1. The third kappa shape index (κ3) is 3.72. The highest BCUT2D eigenvalue weighted by Gasteiger charge is 2.25. The van der Waals surface area contributed by atoms with Crippen molar-refractivity contribution in [3.8, 4) is 0 Å². The highest BCUT2D eigenvalue weighted by Crippen LogP contribution is 2.26. The quantitative estimate of drug-likeness (QED) is 0.385. The Morgan fingerprint density at radius 3 is 2.69 bits per heavy atom. The van der Waals surface area contributed by atoms with Gasteiger partial charge in [0.25, 0.3) is 5.69 Å². The summed E-state index contributed by atoms with van der Waals surface area (Å²) in [7, 11) is 1.88. The summed E-state index contributed by atoms with van der Waals surface area (Å²) in [5, 5.41) is 18.1. The highest BCUT2D eigenvalue weighted by molar-refractivity contribution is 7.71. The van der Waals surface area contributed by atoms with Crippen LogP contribution in [0.1, 0.15) is 30.1 Å². The number of rotatable bonds is 4. The molecule has 0 bridgehead atoms. The first-order chi connectivity index (χ1) is 12.5. The Hall–Kier alpha value is -2.81. The van der Waals surface area contributed by atoms with Gasteiger partial charge in [0.15, 0.2) is 4.77 Å². The fourth-order valence-electron chi connectivity index (χ4n) is 3.14. The summed E-state index contributed by atoms with van der Waals surface area (Å²) in [5.74, 6) is 1.03. The van der Waals surface area contributed by atoms with Crippen molar-refractivity contribution >= 4 is 29.9 Å². The average Bonchev–Trinajstić information content (AvgIpc) is 2.99. The molecule has 0 atom stereocenters. The van der Waals surface area contributed by atoms with E-state index in [0.717, 1.165) is 18.7 Å². The van der Waals surface area contributed by atoms with Crippen molar-refractivity contribution in [3.05, 3.63) is 56.6 Å². The fourth-order valence-corrected chi connectivity index (χ4v) is 3.28. The molecule has 0 spiro atoms. The number of nitrogens with one attached hydrogen (secondary N) is 1. The maximum absolute atomic E-state index is 12.4. The topological polar surface area (TPSA) is 97.1 Å². The van der Waals surface area contributed by atoms with Gasteiger partial charge in [-0.05, 0) is 37.2 Å². The summed E-state index contributed by atoms with van der Waals surface area (Å²) in [5.41, 5.74) is 0.406. The largest absolute Gasteiger partial charge is 0.339 e. The van der Waals surface area contributed by atoms with Gasteiger partial charge < -0.3 is 9.47 Å². The molecule has 1 aliphatic rings. The third-order valence-electron chi connectivity index (χ3n) is 4.63. The molecule has 0 aliphatic carbocycles. The number of carbonyl (C=O) groups excluding carboxylic acids is 1. The summed E-state index contributed by atoms with van der Waals surface area (Å²) in [4.78, 5) is 24.7. The molecule has 1 amide bonds. The number of likely N-dealkylation sites (tertiary alicyclic amines) is 1. The van der Waals surface area contributed by atoms with Gasteiger partial charge in [0, 0.05) is 38.2 Å². The van der Waals surface area contributed by atoms with E-state index in [2.05, 4.69) is 10.2 Å². The van der Waals surface area contributed by atoms with E-state index >= 15 is 0 Å². The third-order valence-corrected chi connectivity index (χ3v) is 4.99. The predicted molar refractivity (Wildman–Crippen MR) is 99.1 cm³/mol. The van der Waals surface area contributed by atoms with E-state index in [1.54, 1.807) is 23.1 Å². The summed E-state index contributed by atoms with van der Waals surface area (Å²) in [6.07, 6.45) is 4.51. The summed E-state index contributed by atoms with van der Waals surface area (Å²) in [6, 6.07) is 6.36. The van der Waals surface area contributed by atoms with E-state index in [9.17, 15) is 14.9 Å². The zero-order valence-electron chi connectivity index (χ0n) is 14.3. The maximum atomic E-state index is 12.4. The van der Waals surface area contributed by atoms with Crippen molar-refractivity contribution in [1.82, 2.24) is 19.7 Å². The van der Waals surface area contributed by atoms with Gasteiger partial charge in [-0.25, -0.2) is 0 Å². The Balaban J connectivity index is 1.63. The first-order valence-electron chi connectivity index (χ1n) is 8.29. The van der Waals surface area contributed by atoms with Gasteiger partial charge in [0.05, 0.1) is 10.5 Å². The molecule has 136 valence electrons. The van der Waals surface area contributed by atoms with Crippen LogP contribution in [-0.2, 0) is 11.8 Å². The summed E-state index contributed by atoms with van der Waals surface area (Å²) >= 11 is 5.14. The Labute approximate surface area is 155 Å². The molecule has 1 saturated heterocycles. The molecule has 9 heteroatoms. The minimum absolute atomic E-state index is 0.0130. The normalized spacial score (nSPS) is 15.5. The number of hydrogen-bond donors (Lipinski definition) is 1. The molecule has 1 aromatic heterocycles. The number of nitro benzene ring substituents is 1. The van der Waals surface area contributed by atoms with Crippen LogP contribution in [0.15, 0.2) is 30.3 Å². The van der Waals surface area contributed by atoms with Crippen molar-refractivity contribution in [2.75, 3.05) is 13.1 Å². The van der Waals surface area contributed by atoms with Crippen LogP contribution < -0.4 is 0 Å². The van der Waals surface area contributed by atoms with Crippen LogP contribution >= 0.6 is 12.2 Å². The van der Waals surface area contributed by atoms with Gasteiger partial charge in [0.2, 0.25) is 5.91 Å². The Morgan fingerprint density at radius 2 is 2.08 bits per heavy atom. The minimum atomic E-state index is -0.451. The molecule has 0 unspecified atom stereocenters. The number of aromatic amines is 1. The zero-order valence-corrected chi connectivity index (χ0v) is 15.1. The SMILES string of the molecule is Cn1c(C2CCN(C(=O)C=Cc3ccccc3[N+](=O)[O-])CC2)n[nH]c1=S. The zero-order chi connectivity index (χ0) is 18.7. The molecule has 1 aromatic carbocycles. The predicted octanol–water partition coefficient (Wildman–Crippen LogP) is 2.81.